The highest BCUT2D eigenvalue weighted by atomic mass is 79.9. The second-order valence-electron chi connectivity index (χ2n) is 4.17. The van der Waals surface area contributed by atoms with Crippen molar-refractivity contribution in [3.63, 3.8) is 0 Å². The summed E-state index contributed by atoms with van der Waals surface area (Å²) in [6, 6.07) is 1.19. The molecule has 1 aliphatic rings. The summed E-state index contributed by atoms with van der Waals surface area (Å²) in [6.07, 6.45) is 0.980. The average molecular weight is 365 g/mol. The summed E-state index contributed by atoms with van der Waals surface area (Å²) in [5, 5.41) is 14.9. The Morgan fingerprint density at radius 1 is 1.55 bits per heavy atom. The van der Waals surface area contributed by atoms with Crippen LogP contribution in [-0.2, 0) is 14.8 Å². The Morgan fingerprint density at radius 2 is 2.20 bits per heavy atom. The lowest BCUT2D eigenvalue weighted by atomic mass is 10.3. The van der Waals surface area contributed by atoms with Crippen molar-refractivity contribution >= 4 is 43.4 Å². The van der Waals surface area contributed by atoms with Gasteiger partial charge in [0.2, 0.25) is 21.7 Å². The van der Waals surface area contributed by atoms with Crippen LogP contribution in [0.2, 0.25) is 0 Å². The third-order valence-electron chi connectivity index (χ3n) is 2.82. The maximum atomic E-state index is 11.8. The molecule has 0 radical (unpaired) electrons. The number of nitrogens with two attached hydrogens (primary N) is 1. The van der Waals surface area contributed by atoms with Crippen LogP contribution in [0.15, 0.2) is 16.7 Å². The quantitative estimate of drug-likeness (QED) is 0.598. The van der Waals surface area contributed by atoms with Gasteiger partial charge in [0, 0.05) is 29.7 Å². The maximum Gasteiger partial charge on any atom is 0.313 e. The predicted molar refractivity (Wildman–Crippen MR) is 72.5 cm³/mol. The molecule has 1 fully saturated rings. The number of sulfonamides is 1. The summed E-state index contributed by atoms with van der Waals surface area (Å²) in [5.74, 6) is -0.753. The molecule has 0 aromatic carbocycles. The highest BCUT2D eigenvalue weighted by Crippen LogP contribution is 2.32. The van der Waals surface area contributed by atoms with Crippen LogP contribution in [0, 0.1) is 10.1 Å². The first-order chi connectivity index (χ1) is 9.20. The normalized spacial score (nSPS) is 19.4. The molecule has 11 heteroatoms. The molecule has 1 unspecified atom stereocenters. The fraction of sp³-hybridized carbons (Fsp3) is 0.333. The van der Waals surface area contributed by atoms with Gasteiger partial charge < -0.3 is 0 Å². The van der Waals surface area contributed by atoms with E-state index in [9.17, 15) is 23.3 Å². The van der Waals surface area contributed by atoms with Gasteiger partial charge in [-0.1, -0.05) is 0 Å². The van der Waals surface area contributed by atoms with Gasteiger partial charge in [0.05, 0.1) is 4.92 Å². The van der Waals surface area contributed by atoms with Gasteiger partial charge in [-0.25, -0.2) is 18.5 Å². The summed E-state index contributed by atoms with van der Waals surface area (Å²) in [4.78, 5) is 26.9. The van der Waals surface area contributed by atoms with Gasteiger partial charge in [0.15, 0.2) is 0 Å². The van der Waals surface area contributed by atoms with E-state index >= 15 is 0 Å². The number of carbonyl (C=O) groups is 1. The zero-order valence-corrected chi connectivity index (χ0v) is 12.3. The summed E-state index contributed by atoms with van der Waals surface area (Å²) < 4.78 is 22.9. The molecule has 0 saturated carbocycles. The number of pyridine rings is 1. The van der Waals surface area contributed by atoms with E-state index in [1.165, 1.54) is 12.3 Å². The second kappa shape index (κ2) is 5.07. The van der Waals surface area contributed by atoms with E-state index in [2.05, 4.69) is 20.9 Å². The van der Waals surface area contributed by atoms with Crippen LogP contribution in [0.4, 0.5) is 11.5 Å². The van der Waals surface area contributed by atoms with E-state index in [1.807, 2.05) is 0 Å². The van der Waals surface area contributed by atoms with Crippen LogP contribution >= 0.6 is 15.9 Å². The zero-order valence-electron chi connectivity index (χ0n) is 9.89. The molecule has 2 N–H and O–H groups in total. The van der Waals surface area contributed by atoms with E-state index < -0.39 is 26.1 Å². The summed E-state index contributed by atoms with van der Waals surface area (Å²) >= 11 is 3.05. The lowest BCUT2D eigenvalue weighted by Crippen LogP contribution is -2.32. The van der Waals surface area contributed by atoms with Crippen molar-refractivity contribution in [2.24, 2.45) is 5.14 Å². The van der Waals surface area contributed by atoms with Crippen LogP contribution in [-0.4, -0.2) is 36.0 Å². The molecule has 2 rings (SSSR count). The van der Waals surface area contributed by atoms with Gasteiger partial charge in [-0.3, -0.25) is 19.8 Å². The molecule has 0 bridgehead atoms. The van der Waals surface area contributed by atoms with Crippen molar-refractivity contribution in [1.82, 2.24) is 4.98 Å². The van der Waals surface area contributed by atoms with Crippen molar-refractivity contribution < 1.29 is 18.1 Å². The van der Waals surface area contributed by atoms with Crippen LogP contribution in [0.5, 0.6) is 0 Å². The number of nitrogens with zero attached hydrogens (tertiary/aromatic N) is 3. The highest BCUT2D eigenvalue weighted by molar-refractivity contribution is 9.10. The number of rotatable bonds is 3. The van der Waals surface area contributed by atoms with Crippen molar-refractivity contribution in [1.29, 1.82) is 0 Å². The van der Waals surface area contributed by atoms with Crippen molar-refractivity contribution in [2.45, 2.75) is 11.7 Å². The minimum atomic E-state index is -3.89. The fourth-order valence-corrected chi connectivity index (χ4v) is 2.91. The largest absolute Gasteiger partial charge is 0.313 e. The standard InChI is InChI=1S/C9H9BrN4O5S/c10-5-1-7(14(16)17)9(12-3-5)13-4-6(2-8(13)15)20(11,18)19/h1,3,6H,2,4H2,(H2,11,18,19). The molecule has 1 aliphatic heterocycles. The average Bonchev–Trinajstić information content (AvgIpc) is 2.71. The maximum absolute atomic E-state index is 11.8. The van der Waals surface area contributed by atoms with E-state index in [4.69, 9.17) is 5.14 Å². The number of carbonyl (C=O) groups excluding carboxylic acids is 1. The second-order valence-corrected chi connectivity index (χ2v) is 6.93. The minimum Gasteiger partial charge on any atom is -0.290 e. The third-order valence-corrected chi connectivity index (χ3v) is 4.50. The van der Waals surface area contributed by atoms with Crippen molar-refractivity contribution in [3.05, 3.63) is 26.9 Å². The summed E-state index contributed by atoms with van der Waals surface area (Å²) in [5.41, 5.74) is -0.386. The van der Waals surface area contributed by atoms with Crippen LogP contribution in [0.25, 0.3) is 0 Å². The molecule has 20 heavy (non-hydrogen) atoms. The smallest absolute Gasteiger partial charge is 0.290 e. The zero-order chi connectivity index (χ0) is 15.1. The Bertz CT molecular complexity index is 692. The fourth-order valence-electron chi connectivity index (χ4n) is 1.86. The first-order valence-electron chi connectivity index (χ1n) is 5.32. The first-order valence-corrected chi connectivity index (χ1v) is 7.72. The SMILES string of the molecule is NS(=O)(=O)C1CC(=O)N(c2ncc(Br)cc2[N+](=O)[O-])C1. The molecule has 1 amide bonds. The lowest BCUT2D eigenvalue weighted by Gasteiger charge is -2.15. The van der Waals surface area contributed by atoms with E-state index in [0.29, 0.717) is 4.47 Å². The molecule has 9 nitrogen and oxygen atoms in total. The van der Waals surface area contributed by atoms with Gasteiger partial charge in [-0.15, -0.1) is 0 Å². The van der Waals surface area contributed by atoms with E-state index in [-0.39, 0.29) is 24.5 Å². The predicted octanol–water partition coefficient (Wildman–Crippen LogP) is 0.146. The molecular formula is C9H9BrN4O5S. The molecule has 1 aromatic rings. The summed E-state index contributed by atoms with van der Waals surface area (Å²) in [7, 11) is -3.89. The van der Waals surface area contributed by atoms with Gasteiger partial charge >= 0.3 is 5.69 Å². The van der Waals surface area contributed by atoms with Crippen LogP contribution in [0.1, 0.15) is 6.42 Å². The molecule has 1 saturated heterocycles. The highest BCUT2D eigenvalue weighted by Gasteiger charge is 2.40. The number of aromatic nitrogens is 1. The van der Waals surface area contributed by atoms with Gasteiger partial charge in [0.25, 0.3) is 0 Å². The number of hydrogen-bond donors (Lipinski definition) is 1. The van der Waals surface area contributed by atoms with Gasteiger partial charge in [-0.05, 0) is 15.9 Å². The number of nitro groups is 1. The lowest BCUT2D eigenvalue weighted by molar-refractivity contribution is -0.384. The van der Waals surface area contributed by atoms with Crippen molar-refractivity contribution in [2.75, 3.05) is 11.4 Å². The number of amides is 1. The van der Waals surface area contributed by atoms with Gasteiger partial charge in [0.1, 0.15) is 5.25 Å². The molecule has 1 atom stereocenters. The Kier molecular flexibility index (Phi) is 3.75. The molecule has 0 spiro atoms. The van der Waals surface area contributed by atoms with Crippen LogP contribution < -0.4 is 10.0 Å². The first kappa shape index (κ1) is 14.8. The summed E-state index contributed by atoms with van der Waals surface area (Å²) in [6.45, 7) is -0.243. The topological polar surface area (TPSA) is 136 Å². The molecular weight excluding hydrogens is 356 g/mol. The Balaban J connectivity index is 2.43. The Hall–Kier alpha value is -1.59. The molecule has 0 aliphatic carbocycles. The molecule has 2 heterocycles. The molecule has 1 aromatic heterocycles. The number of halogens is 1. The van der Waals surface area contributed by atoms with Gasteiger partial charge in [-0.2, -0.15) is 0 Å². The molecule has 108 valence electrons. The third kappa shape index (κ3) is 2.78. The monoisotopic (exact) mass is 364 g/mol. The Morgan fingerprint density at radius 3 is 2.70 bits per heavy atom. The Labute approximate surface area is 122 Å². The number of anilines is 1. The minimum absolute atomic E-state index is 0.186. The number of hydrogen-bond acceptors (Lipinski definition) is 6. The van der Waals surface area contributed by atoms with Crippen LogP contribution in [0.3, 0.4) is 0 Å². The van der Waals surface area contributed by atoms with E-state index in [1.54, 1.807) is 0 Å². The van der Waals surface area contributed by atoms with E-state index in [0.717, 1.165) is 4.90 Å². The number of primary sulfonamides is 1. The van der Waals surface area contributed by atoms with Crippen molar-refractivity contribution in [3.8, 4) is 0 Å².